The first-order chi connectivity index (χ1) is 12.7. The van der Waals surface area contributed by atoms with E-state index in [1.54, 1.807) is 26.4 Å². The normalized spacial score (nSPS) is 11.2. The summed E-state index contributed by atoms with van der Waals surface area (Å²) in [5.74, 6) is 1.97. The molecule has 0 aliphatic rings. The van der Waals surface area contributed by atoms with Crippen molar-refractivity contribution in [2.45, 2.75) is 19.9 Å². The van der Waals surface area contributed by atoms with Crippen LogP contribution in [0.25, 0.3) is 0 Å². The van der Waals surface area contributed by atoms with Gasteiger partial charge in [0.1, 0.15) is 17.3 Å². The molecule has 0 unspecified atom stereocenters. The monoisotopic (exact) mass is 359 g/mol. The van der Waals surface area contributed by atoms with Crippen LogP contribution >= 0.6 is 0 Å². The fraction of sp³-hybridized carbons (Fsp3) is 0.350. The number of ether oxygens (including phenoxy) is 2. The SMILES string of the molecule is CCNC(=NCc1ccc(OC)cc1OC)NCCc1ccccc1F. The van der Waals surface area contributed by atoms with Crippen LogP contribution in [0, 0.1) is 5.82 Å². The largest absolute Gasteiger partial charge is 0.497 e. The van der Waals surface area contributed by atoms with Gasteiger partial charge in [0.05, 0.1) is 20.8 Å². The van der Waals surface area contributed by atoms with Crippen LogP contribution in [-0.2, 0) is 13.0 Å². The Hall–Kier alpha value is -2.76. The molecule has 2 aromatic rings. The molecule has 0 radical (unpaired) electrons. The molecule has 0 aliphatic carbocycles. The third-order valence-corrected chi connectivity index (χ3v) is 3.89. The topological polar surface area (TPSA) is 54.9 Å². The number of benzene rings is 2. The molecule has 0 heterocycles. The molecule has 0 amide bonds. The van der Waals surface area contributed by atoms with Crippen molar-refractivity contribution in [1.29, 1.82) is 0 Å². The second-order valence-electron chi connectivity index (χ2n) is 5.64. The van der Waals surface area contributed by atoms with Gasteiger partial charge in [-0.1, -0.05) is 18.2 Å². The summed E-state index contributed by atoms with van der Waals surface area (Å²) < 4.78 is 24.3. The van der Waals surface area contributed by atoms with Crippen LogP contribution in [0.1, 0.15) is 18.1 Å². The van der Waals surface area contributed by atoms with Gasteiger partial charge in [-0.3, -0.25) is 0 Å². The number of hydrogen-bond donors (Lipinski definition) is 2. The number of nitrogens with one attached hydrogen (secondary N) is 2. The first-order valence-electron chi connectivity index (χ1n) is 8.64. The maximum Gasteiger partial charge on any atom is 0.191 e. The van der Waals surface area contributed by atoms with Crippen molar-refractivity contribution >= 4 is 5.96 Å². The van der Waals surface area contributed by atoms with Crippen LogP contribution in [0.4, 0.5) is 4.39 Å². The van der Waals surface area contributed by atoms with E-state index in [9.17, 15) is 4.39 Å². The highest BCUT2D eigenvalue weighted by Crippen LogP contribution is 2.25. The van der Waals surface area contributed by atoms with Crippen LogP contribution in [0.2, 0.25) is 0 Å². The molecule has 0 saturated heterocycles. The molecule has 0 spiro atoms. The molecule has 5 nitrogen and oxygen atoms in total. The van der Waals surface area contributed by atoms with Gasteiger partial charge >= 0.3 is 0 Å². The van der Waals surface area contributed by atoms with Crippen molar-refractivity contribution in [3.05, 3.63) is 59.4 Å². The van der Waals surface area contributed by atoms with Gasteiger partial charge in [0.15, 0.2) is 5.96 Å². The van der Waals surface area contributed by atoms with Crippen LogP contribution in [0.5, 0.6) is 11.5 Å². The number of halogens is 1. The minimum atomic E-state index is -0.181. The minimum Gasteiger partial charge on any atom is -0.497 e. The molecule has 26 heavy (non-hydrogen) atoms. The van der Waals surface area contributed by atoms with E-state index in [-0.39, 0.29) is 5.82 Å². The molecule has 0 fully saturated rings. The number of aliphatic imine (C=N–C) groups is 1. The van der Waals surface area contributed by atoms with Crippen LogP contribution in [0.15, 0.2) is 47.5 Å². The summed E-state index contributed by atoms with van der Waals surface area (Å²) in [6.45, 7) is 3.79. The highest BCUT2D eigenvalue weighted by molar-refractivity contribution is 5.79. The van der Waals surface area contributed by atoms with Gasteiger partial charge in [0, 0.05) is 24.7 Å². The Labute approximate surface area is 154 Å². The first-order valence-corrected chi connectivity index (χ1v) is 8.64. The third-order valence-electron chi connectivity index (χ3n) is 3.89. The van der Waals surface area contributed by atoms with Crippen molar-refractivity contribution in [2.24, 2.45) is 4.99 Å². The molecular formula is C20H26FN3O2. The molecular weight excluding hydrogens is 333 g/mol. The average molecular weight is 359 g/mol. The maximum atomic E-state index is 13.7. The highest BCUT2D eigenvalue weighted by Gasteiger charge is 2.06. The first kappa shape index (κ1) is 19.6. The Morgan fingerprint density at radius 1 is 1.04 bits per heavy atom. The number of nitrogens with zero attached hydrogens (tertiary/aromatic N) is 1. The molecule has 2 aromatic carbocycles. The highest BCUT2D eigenvalue weighted by atomic mass is 19.1. The van der Waals surface area contributed by atoms with Gasteiger partial charge in [-0.2, -0.15) is 0 Å². The van der Waals surface area contributed by atoms with E-state index in [2.05, 4.69) is 15.6 Å². The summed E-state index contributed by atoms with van der Waals surface area (Å²) >= 11 is 0. The fourth-order valence-electron chi connectivity index (χ4n) is 2.51. The van der Waals surface area contributed by atoms with Gasteiger partial charge in [0.2, 0.25) is 0 Å². The van der Waals surface area contributed by atoms with Gasteiger partial charge in [-0.05, 0) is 37.1 Å². The summed E-state index contributed by atoms with van der Waals surface area (Å²) in [6, 6.07) is 12.5. The maximum absolute atomic E-state index is 13.7. The number of rotatable bonds is 8. The number of methoxy groups -OCH3 is 2. The Kier molecular flexibility index (Phi) is 7.74. The van der Waals surface area contributed by atoms with Crippen molar-refractivity contribution < 1.29 is 13.9 Å². The van der Waals surface area contributed by atoms with E-state index < -0.39 is 0 Å². The Bertz CT molecular complexity index is 735. The third kappa shape index (κ3) is 5.65. The summed E-state index contributed by atoms with van der Waals surface area (Å²) in [4.78, 5) is 4.58. The van der Waals surface area contributed by atoms with E-state index in [0.717, 1.165) is 23.6 Å². The van der Waals surface area contributed by atoms with Crippen LogP contribution in [0.3, 0.4) is 0 Å². The smallest absolute Gasteiger partial charge is 0.191 e. The van der Waals surface area contributed by atoms with Crippen molar-refractivity contribution in [2.75, 3.05) is 27.3 Å². The lowest BCUT2D eigenvalue weighted by molar-refractivity contribution is 0.391. The zero-order chi connectivity index (χ0) is 18.8. The summed E-state index contributed by atoms with van der Waals surface area (Å²) in [5, 5.41) is 6.43. The molecule has 2 N–H and O–H groups in total. The van der Waals surface area contributed by atoms with Gasteiger partial charge in [-0.15, -0.1) is 0 Å². The summed E-state index contributed by atoms with van der Waals surface area (Å²) in [6.07, 6.45) is 0.586. The second kappa shape index (κ2) is 10.3. The molecule has 2 rings (SSSR count). The van der Waals surface area contributed by atoms with E-state index in [0.29, 0.717) is 31.0 Å². The summed E-state index contributed by atoms with van der Waals surface area (Å²) in [5.41, 5.74) is 1.65. The Balaban J connectivity index is 1.99. The van der Waals surface area contributed by atoms with E-state index in [1.165, 1.54) is 6.07 Å². The second-order valence-corrected chi connectivity index (χ2v) is 5.64. The molecule has 140 valence electrons. The predicted octanol–water partition coefficient (Wildman–Crippen LogP) is 3.14. The Morgan fingerprint density at radius 3 is 2.54 bits per heavy atom. The van der Waals surface area contributed by atoms with Crippen LogP contribution < -0.4 is 20.1 Å². The average Bonchev–Trinajstić information content (AvgIpc) is 2.67. The van der Waals surface area contributed by atoms with Gasteiger partial charge in [0.25, 0.3) is 0 Å². The Morgan fingerprint density at radius 2 is 1.85 bits per heavy atom. The number of hydrogen-bond acceptors (Lipinski definition) is 3. The molecule has 0 aromatic heterocycles. The predicted molar refractivity (Wildman–Crippen MR) is 102 cm³/mol. The van der Waals surface area contributed by atoms with E-state index >= 15 is 0 Å². The fourth-order valence-corrected chi connectivity index (χ4v) is 2.51. The quantitative estimate of drug-likeness (QED) is 0.562. The molecule has 0 saturated carbocycles. The molecule has 6 heteroatoms. The molecule has 0 bridgehead atoms. The van der Waals surface area contributed by atoms with Crippen molar-refractivity contribution in [3.63, 3.8) is 0 Å². The van der Waals surface area contributed by atoms with Gasteiger partial charge in [-0.25, -0.2) is 9.38 Å². The van der Waals surface area contributed by atoms with E-state index in [1.807, 2.05) is 31.2 Å². The van der Waals surface area contributed by atoms with Crippen LogP contribution in [-0.4, -0.2) is 33.3 Å². The minimum absolute atomic E-state index is 0.181. The summed E-state index contributed by atoms with van der Waals surface area (Å²) in [7, 11) is 3.25. The lowest BCUT2D eigenvalue weighted by Crippen LogP contribution is -2.38. The molecule has 0 aliphatic heterocycles. The zero-order valence-corrected chi connectivity index (χ0v) is 15.5. The van der Waals surface area contributed by atoms with Crippen molar-refractivity contribution in [1.82, 2.24) is 10.6 Å². The number of guanidine groups is 1. The van der Waals surface area contributed by atoms with Gasteiger partial charge < -0.3 is 20.1 Å². The molecule has 0 atom stereocenters. The lowest BCUT2D eigenvalue weighted by atomic mass is 10.1. The van der Waals surface area contributed by atoms with Crippen molar-refractivity contribution in [3.8, 4) is 11.5 Å². The standard InChI is InChI=1S/C20H26FN3O2/c1-4-22-20(23-12-11-15-7-5-6-8-18(15)21)24-14-16-9-10-17(25-2)13-19(16)26-3/h5-10,13H,4,11-12,14H2,1-3H3,(H2,22,23,24). The zero-order valence-electron chi connectivity index (χ0n) is 15.5. The van der Waals surface area contributed by atoms with E-state index in [4.69, 9.17) is 9.47 Å². The lowest BCUT2D eigenvalue weighted by Gasteiger charge is -2.13.